The summed E-state index contributed by atoms with van der Waals surface area (Å²) < 4.78 is 2.39. The molecule has 0 amide bonds. The molecule has 2 heteroatoms. The van der Waals surface area contributed by atoms with Gasteiger partial charge in [0.05, 0.1) is 11.0 Å². The van der Waals surface area contributed by atoms with E-state index in [0.29, 0.717) is 0 Å². The van der Waals surface area contributed by atoms with Gasteiger partial charge in [0.2, 0.25) is 0 Å². The van der Waals surface area contributed by atoms with Gasteiger partial charge in [-0.15, -0.1) is 0 Å². The molecule has 1 aromatic heterocycles. The van der Waals surface area contributed by atoms with Crippen molar-refractivity contribution < 1.29 is 0 Å². The minimum Gasteiger partial charge on any atom is -0.310 e. The Morgan fingerprint density at radius 1 is 0.320 bits per heavy atom. The zero-order chi connectivity index (χ0) is 33.3. The zero-order valence-corrected chi connectivity index (χ0v) is 27.5. The molecule has 0 saturated carbocycles. The van der Waals surface area contributed by atoms with Crippen molar-refractivity contribution in [3.8, 4) is 39.1 Å². The summed E-state index contributed by atoms with van der Waals surface area (Å²) >= 11 is 0. The summed E-state index contributed by atoms with van der Waals surface area (Å²) in [7, 11) is 0. The topological polar surface area (TPSA) is 8.17 Å². The first-order valence-corrected chi connectivity index (χ1v) is 17.1. The number of para-hydroxylation sites is 2. The van der Waals surface area contributed by atoms with Gasteiger partial charge in [-0.2, -0.15) is 0 Å². The molecule has 9 aromatic rings. The Balaban J connectivity index is 1.18. The quantitative estimate of drug-likeness (QED) is 0.169. The molecule has 0 unspecified atom stereocenters. The summed E-state index contributed by atoms with van der Waals surface area (Å²) in [5, 5.41) is 2.47. The van der Waals surface area contributed by atoms with E-state index in [1.165, 1.54) is 55.2 Å². The van der Waals surface area contributed by atoms with Crippen molar-refractivity contribution in [2.45, 2.75) is 0 Å². The first-order chi connectivity index (χ1) is 24.8. The highest BCUT2D eigenvalue weighted by atomic mass is 15.1. The van der Waals surface area contributed by atoms with Gasteiger partial charge in [-0.3, -0.25) is 0 Å². The van der Waals surface area contributed by atoms with Crippen molar-refractivity contribution in [2.75, 3.05) is 4.90 Å². The molecule has 0 bridgehead atoms. The molecule has 1 heterocycles. The highest BCUT2D eigenvalue weighted by molar-refractivity contribution is 6.16. The summed E-state index contributed by atoms with van der Waals surface area (Å²) in [5.74, 6) is 0. The SMILES string of the molecule is c1ccc(-c2ccc(-c3ccc(N(c4ccccc4)c4ccc5c(c4)c4c(-c6ccccc6)cccc4n5-c4ccccc4)cc3)cc2)cc1. The maximum atomic E-state index is 2.39. The van der Waals surface area contributed by atoms with E-state index in [2.05, 4.69) is 216 Å². The van der Waals surface area contributed by atoms with Crippen LogP contribution < -0.4 is 4.90 Å². The predicted molar refractivity (Wildman–Crippen MR) is 212 cm³/mol. The zero-order valence-electron chi connectivity index (χ0n) is 27.5. The third kappa shape index (κ3) is 5.34. The lowest BCUT2D eigenvalue weighted by Gasteiger charge is -2.26. The smallest absolute Gasteiger partial charge is 0.0547 e. The third-order valence-corrected chi connectivity index (χ3v) is 9.60. The molecule has 0 radical (unpaired) electrons. The second kappa shape index (κ2) is 12.8. The highest BCUT2D eigenvalue weighted by Gasteiger charge is 2.19. The molecule has 0 atom stereocenters. The molecule has 2 nitrogen and oxygen atoms in total. The van der Waals surface area contributed by atoms with Gasteiger partial charge in [0.25, 0.3) is 0 Å². The molecule has 0 aliphatic carbocycles. The van der Waals surface area contributed by atoms with Crippen LogP contribution in [0.25, 0.3) is 60.9 Å². The number of anilines is 3. The van der Waals surface area contributed by atoms with Crippen molar-refractivity contribution in [3.05, 3.63) is 206 Å². The molecule has 236 valence electrons. The van der Waals surface area contributed by atoms with Crippen LogP contribution in [0.5, 0.6) is 0 Å². The van der Waals surface area contributed by atoms with Crippen LogP contribution in [0.2, 0.25) is 0 Å². The Bertz CT molecular complexity index is 2540. The van der Waals surface area contributed by atoms with Gasteiger partial charge < -0.3 is 9.47 Å². The summed E-state index contributed by atoms with van der Waals surface area (Å²) in [4.78, 5) is 2.36. The monoisotopic (exact) mass is 638 g/mol. The van der Waals surface area contributed by atoms with Crippen molar-refractivity contribution >= 4 is 38.9 Å². The molecule has 8 aromatic carbocycles. The third-order valence-electron chi connectivity index (χ3n) is 9.60. The van der Waals surface area contributed by atoms with Gasteiger partial charge >= 0.3 is 0 Å². The van der Waals surface area contributed by atoms with Gasteiger partial charge in [-0.25, -0.2) is 0 Å². The van der Waals surface area contributed by atoms with Crippen molar-refractivity contribution in [3.63, 3.8) is 0 Å². The van der Waals surface area contributed by atoms with Crippen LogP contribution in [-0.2, 0) is 0 Å². The van der Waals surface area contributed by atoms with E-state index in [-0.39, 0.29) is 0 Å². The van der Waals surface area contributed by atoms with Crippen LogP contribution in [0.4, 0.5) is 17.1 Å². The Hall–Kier alpha value is -6.64. The number of hydrogen-bond donors (Lipinski definition) is 0. The van der Waals surface area contributed by atoms with E-state index < -0.39 is 0 Å². The molecule has 50 heavy (non-hydrogen) atoms. The summed E-state index contributed by atoms with van der Waals surface area (Å²) in [6.45, 7) is 0. The second-order valence-electron chi connectivity index (χ2n) is 12.6. The minimum atomic E-state index is 1.11. The lowest BCUT2D eigenvalue weighted by Crippen LogP contribution is -2.09. The fourth-order valence-corrected chi connectivity index (χ4v) is 7.22. The van der Waals surface area contributed by atoms with Crippen molar-refractivity contribution in [1.29, 1.82) is 0 Å². The van der Waals surface area contributed by atoms with Gasteiger partial charge in [-0.05, 0) is 94.0 Å². The minimum absolute atomic E-state index is 1.11. The average Bonchev–Trinajstić information content (AvgIpc) is 3.54. The summed E-state index contributed by atoms with van der Waals surface area (Å²) in [6, 6.07) is 74.0. The first-order valence-electron chi connectivity index (χ1n) is 17.1. The molecule has 0 aliphatic heterocycles. The lowest BCUT2D eigenvalue weighted by molar-refractivity contribution is 1.18. The maximum Gasteiger partial charge on any atom is 0.0547 e. The van der Waals surface area contributed by atoms with Crippen LogP contribution in [0.1, 0.15) is 0 Å². The van der Waals surface area contributed by atoms with E-state index in [1.807, 2.05) is 0 Å². The fraction of sp³-hybridized carbons (Fsp3) is 0. The summed E-state index contributed by atoms with van der Waals surface area (Å²) in [5.41, 5.74) is 14.1. The predicted octanol–water partition coefficient (Wildman–Crippen LogP) is 13.3. The molecule has 0 spiro atoms. The summed E-state index contributed by atoms with van der Waals surface area (Å²) in [6.07, 6.45) is 0. The second-order valence-corrected chi connectivity index (χ2v) is 12.6. The van der Waals surface area contributed by atoms with Crippen LogP contribution >= 0.6 is 0 Å². The van der Waals surface area contributed by atoms with Crippen LogP contribution in [-0.4, -0.2) is 4.57 Å². The standard InChI is InChI=1S/C48H34N2/c1-5-14-35(15-6-1)36-24-26-37(27-25-36)38-28-30-42(31-29-38)49(40-18-9-3-10-19-40)43-32-33-46-45(34-43)48-44(39-16-7-2-8-17-39)22-13-23-47(48)50(46)41-20-11-4-12-21-41/h1-34H. The Morgan fingerprint density at radius 2 is 0.800 bits per heavy atom. The number of nitrogens with zero attached hydrogens (tertiary/aromatic N) is 2. The number of rotatable bonds is 7. The normalized spacial score (nSPS) is 11.2. The molecule has 0 N–H and O–H groups in total. The van der Waals surface area contributed by atoms with E-state index in [1.54, 1.807) is 0 Å². The number of fused-ring (bicyclic) bond motifs is 3. The van der Waals surface area contributed by atoms with Gasteiger partial charge in [-0.1, -0.05) is 146 Å². The van der Waals surface area contributed by atoms with Gasteiger partial charge in [0.15, 0.2) is 0 Å². The molecule has 0 fully saturated rings. The Labute approximate surface area is 292 Å². The Kier molecular flexibility index (Phi) is 7.53. The number of aromatic nitrogens is 1. The molecule has 0 aliphatic rings. The van der Waals surface area contributed by atoms with E-state index in [9.17, 15) is 0 Å². The number of benzene rings is 8. The van der Waals surface area contributed by atoms with Crippen LogP contribution in [0.15, 0.2) is 206 Å². The highest BCUT2D eigenvalue weighted by Crippen LogP contribution is 2.43. The fourth-order valence-electron chi connectivity index (χ4n) is 7.22. The molecule has 9 rings (SSSR count). The Morgan fingerprint density at radius 3 is 1.42 bits per heavy atom. The average molecular weight is 639 g/mol. The number of hydrogen-bond acceptors (Lipinski definition) is 1. The van der Waals surface area contributed by atoms with Gasteiger partial charge in [0.1, 0.15) is 0 Å². The van der Waals surface area contributed by atoms with E-state index in [4.69, 9.17) is 0 Å². The van der Waals surface area contributed by atoms with Crippen molar-refractivity contribution in [2.24, 2.45) is 0 Å². The van der Waals surface area contributed by atoms with Gasteiger partial charge in [0, 0.05) is 33.5 Å². The molecular weight excluding hydrogens is 605 g/mol. The maximum absolute atomic E-state index is 2.39. The van der Waals surface area contributed by atoms with E-state index >= 15 is 0 Å². The lowest BCUT2D eigenvalue weighted by atomic mass is 9.99. The van der Waals surface area contributed by atoms with Crippen molar-refractivity contribution in [1.82, 2.24) is 4.57 Å². The molecular formula is C48H34N2. The molecule has 0 saturated heterocycles. The van der Waals surface area contributed by atoms with Crippen LogP contribution in [0.3, 0.4) is 0 Å². The van der Waals surface area contributed by atoms with E-state index in [0.717, 1.165) is 22.7 Å². The van der Waals surface area contributed by atoms with Crippen LogP contribution in [0, 0.1) is 0 Å². The largest absolute Gasteiger partial charge is 0.310 e. The first kappa shape index (κ1) is 29.5.